The first-order chi connectivity index (χ1) is 20.5. The minimum atomic E-state index is -0.196. The molecule has 212 valence electrons. The van der Waals surface area contributed by atoms with Gasteiger partial charge in [-0.3, -0.25) is 14.5 Å². The van der Waals surface area contributed by atoms with Crippen LogP contribution in [0.2, 0.25) is 0 Å². The molecule has 0 unspecified atom stereocenters. The van der Waals surface area contributed by atoms with Crippen LogP contribution in [0.25, 0.3) is 27.8 Å². The second-order valence-corrected chi connectivity index (χ2v) is 11.5. The highest BCUT2D eigenvalue weighted by Crippen LogP contribution is 2.35. The second kappa shape index (κ2) is 9.38. The summed E-state index contributed by atoms with van der Waals surface area (Å²) in [5, 5.41) is 1.56. The summed E-state index contributed by atoms with van der Waals surface area (Å²) in [5.41, 5.74) is 8.81. The molecule has 1 amide bonds. The molecule has 0 atom stereocenters. The maximum Gasteiger partial charge on any atom is 0.278 e. The average Bonchev–Trinajstić information content (AvgIpc) is 3.49. The predicted molar refractivity (Wildman–Crippen MR) is 158 cm³/mol. The van der Waals surface area contributed by atoms with Gasteiger partial charge in [0.2, 0.25) is 0 Å². The van der Waals surface area contributed by atoms with E-state index in [1.807, 2.05) is 12.2 Å². The average molecular weight is 563 g/mol. The summed E-state index contributed by atoms with van der Waals surface area (Å²) in [6.07, 6.45) is 11.9. The van der Waals surface area contributed by atoms with Gasteiger partial charge in [0.05, 0.1) is 6.54 Å². The van der Waals surface area contributed by atoms with Gasteiger partial charge in [-0.15, -0.1) is 0 Å². The van der Waals surface area contributed by atoms with Crippen LogP contribution in [-0.4, -0.2) is 53.5 Å². The van der Waals surface area contributed by atoms with Crippen molar-refractivity contribution in [1.82, 2.24) is 28.9 Å². The number of hydrogen-bond acceptors (Lipinski definition) is 7. The molecule has 2 aliphatic heterocycles. The Balaban J connectivity index is 1.20. The number of carbonyl (C=O) groups is 1. The number of allylic oxidation sites excluding steroid dienone is 2. The van der Waals surface area contributed by atoms with Gasteiger partial charge in [0.25, 0.3) is 11.5 Å². The van der Waals surface area contributed by atoms with E-state index < -0.39 is 0 Å². The van der Waals surface area contributed by atoms with E-state index in [1.165, 1.54) is 0 Å². The molecular formula is C31H30N8O3. The lowest BCUT2D eigenvalue weighted by atomic mass is 10.1. The number of ether oxygens (including phenoxy) is 1. The molecule has 1 fully saturated rings. The molecule has 1 aliphatic carbocycles. The first-order valence-electron chi connectivity index (χ1n) is 14.4. The quantitative estimate of drug-likeness (QED) is 0.334. The third-order valence-corrected chi connectivity index (χ3v) is 8.45. The van der Waals surface area contributed by atoms with Crippen LogP contribution in [-0.2, 0) is 24.3 Å². The summed E-state index contributed by atoms with van der Waals surface area (Å²) in [6, 6.07) is 12.1. The standard InChI is InChI=1S/C31H30N8O3/c32-31(10-11-31)19-36-14-9-21-15-20(5-6-23(21)36)16-25-33-17-22-28(34-25)39-26-8-7-24-29(35-26)37(27(40)18-42-24)12-3-1-2-4-13-38(39)30(22)41/h2,4-9,14-15,17H,1,3,10-13,16,18-19,32H2/b4-2-. The van der Waals surface area contributed by atoms with Crippen molar-refractivity contribution in [3.05, 3.63) is 82.7 Å². The fourth-order valence-corrected chi connectivity index (χ4v) is 5.96. The van der Waals surface area contributed by atoms with Gasteiger partial charge in [0, 0.05) is 43.0 Å². The Morgan fingerprint density at radius 3 is 2.83 bits per heavy atom. The lowest BCUT2D eigenvalue weighted by molar-refractivity contribution is -0.121. The van der Waals surface area contributed by atoms with E-state index in [9.17, 15) is 9.59 Å². The van der Waals surface area contributed by atoms with Crippen molar-refractivity contribution in [1.29, 1.82) is 0 Å². The third-order valence-electron chi connectivity index (χ3n) is 8.45. The normalized spacial score (nSPS) is 18.3. The summed E-state index contributed by atoms with van der Waals surface area (Å²) in [6.45, 7) is 1.72. The lowest BCUT2D eigenvalue weighted by Crippen LogP contribution is -2.40. The molecule has 5 aromatic rings. The van der Waals surface area contributed by atoms with Gasteiger partial charge in [-0.1, -0.05) is 18.2 Å². The Morgan fingerprint density at radius 2 is 1.95 bits per heavy atom. The van der Waals surface area contributed by atoms with Crippen LogP contribution in [0.4, 0.5) is 5.82 Å². The number of rotatable bonds is 4. The number of hydrogen-bond donors (Lipinski definition) is 1. The minimum absolute atomic E-state index is 0.0120. The number of amides is 1. The van der Waals surface area contributed by atoms with Crippen LogP contribution in [0.5, 0.6) is 5.75 Å². The maximum absolute atomic E-state index is 13.6. The maximum atomic E-state index is 13.6. The smallest absolute Gasteiger partial charge is 0.278 e. The van der Waals surface area contributed by atoms with Gasteiger partial charge < -0.3 is 15.0 Å². The zero-order valence-corrected chi connectivity index (χ0v) is 23.1. The van der Waals surface area contributed by atoms with Gasteiger partial charge in [-0.05, 0) is 67.0 Å². The molecule has 1 saturated carbocycles. The Morgan fingerprint density at radius 1 is 1.05 bits per heavy atom. The molecule has 2 bridgehead atoms. The molecule has 3 aliphatic rings. The Labute approximate surface area is 240 Å². The highest BCUT2D eigenvalue weighted by Gasteiger charge is 2.38. The van der Waals surface area contributed by atoms with Crippen molar-refractivity contribution < 1.29 is 9.53 Å². The first-order valence-corrected chi connectivity index (χ1v) is 14.4. The highest BCUT2D eigenvalue weighted by molar-refractivity contribution is 5.96. The number of aromatic nitrogens is 6. The van der Waals surface area contributed by atoms with Crippen molar-refractivity contribution in [2.24, 2.45) is 5.73 Å². The number of fused-ring (bicyclic) bond motifs is 6. The molecule has 6 heterocycles. The zero-order chi connectivity index (χ0) is 28.4. The van der Waals surface area contributed by atoms with E-state index in [2.05, 4.69) is 40.0 Å². The van der Waals surface area contributed by atoms with Crippen LogP contribution in [0, 0.1) is 0 Å². The monoisotopic (exact) mass is 562 g/mol. The molecule has 11 heteroatoms. The van der Waals surface area contributed by atoms with E-state index in [4.69, 9.17) is 20.4 Å². The Hall–Kier alpha value is -4.77. The van der Waals surface area contributed by atoms with Gasteiger partial charge >= 0.3 is 0 Å². The number of nitrogens with two attached hydrogens (primary N) is 1. The van der Waals surface area contributed by atoms with Gasteiger partial charge in [0.15, 0.2) is 29.6 Å². The molecule has 0 radical (unpaired) electrons. The predicted octanol–water partition coefficient (Wildman–Crippen LogP) is 3.09. The fourth-order valence-electron chi connectivity index (χ4n) is 5.96. The van der Waals surface area contributed by atoms with E-state index >= 15 is 0 Å². The molecule has 0 spiro atoms. The van der Waals surface area contributed by atoms with E-state index in [-0.39, 0.29) is 23.6 Å². The topological polar surface area (TPSA) is 126 Å². The Kier molecular flexibility index (Phi) is 5.58. The Bertz CT molecular complexity index is 1980. The van der Waals surface area contributed by atoms with Crippen molar-refractivity contribution in [3.8, 4) is 11.6 Å². The number of pyridine rings is 1. The lowest BCUT2D eigenvalue weighted by Gasteiger charge is -2.28. The summed E-state index contributed by atoms with van der Waals surface area (Å²) in [5.74, 6) is 1.97. The van der Waals surface area contributed by atoms with Crippen LogP contribution in [0.1, 0.15) is 37.1 Å². The molecule has 1 aromatic carbocycles. The molecule has 8 rings (SSSR count). The number of carbonyl (C=O) groups excluding carboxylic acids is 1. The highest BCUT2D eigenvalue weighted by atomic mass is 16.5. The van der Waals surface area contributed by atoms with Crippen LogP contribution in [0.3, 0.4) is 0 Å². The molecule has 42 heavy (non-hydrogen) atoms. The molecule has 4 aromatic heterocycles. The largest absolute Gasteiger partial charge is 0.480 e. The van der Waals surface area contributed by atoms with Crippen molar-refractivity contribution >= 4 is 33.7 Å². The summed E-state index contributed by atoms with van der Waals surface area (Å²) >= 11 is 0. The number of nitrogens with zero attached hydrogens (tertiary/aromatic N) is 7. The van der Waals surface area contributed by atoms with Gasteiger partial charge in [0.1, 0.15) is 11.2 Å². The van der Waals surface area contributed by atoms with Gasteiger partial charge in [-0.25, -0.2) is 24.3 Å². The van der Waals surface area contributed by atoms with Crippen LogP contribution < -0.4 is 20.9 Å². The van der Waals surface area contributed by atoms with E-state index in [0.717, 1.165) is 48.7 Å². The minimum Gasteiger partial charge on any atom is -0.480 e. The summed E-state index contributed by atoms with van der Waals surface area (Å²) in [7, 11) is 0. The van der Waals surface area contributed by atoms with Crippen molar-refractivity contribution in [2.45, 2.75) is 50.7 Å². The molecular weight excluding hydrogens is 532 g/mol. The second-order valence-electron chi connectivity index (χ2n) is 11.5. The van der Waals surface area contributed by atoms with E-state index in [1.54, 1.807) is 32.6 Å². The van der Waals surface area contributed by atoms with Crippen molar-refractivity contribution in [3.63, 3.8) is 0 Å². The zero-order valence-electron chi connectivity index (χ0n) is 23.1. The number of anilines is 1. The fraction of sp³-hybridized carbons (Fsp3) is 0.323. The first kappa shape index (κ1) is 25.0. The SMILES string of the molecule is NC1(Cn2ccc3cc(Cc4ncc5c(=O)n6n(c5n4)-c4ccc5c(n4)N(CCC/C=C\C6)C(=O)CO5)ccc32)CC1. The van der Waals surface area contributed by atoms with Crippen LogP contribution in [0.15, 0.2) is 65.7 Å². The molecule has 2 N–H and O–H groups in total. The molecule has 0 saturated heterocycles. The third kappa shape index (κ3) is 4.19. The molecule has 11 nitrogen and oxygen atoms in total. The summed E-state index contributed by atoms with van der Waals surface area (Å²) in [4.78, 5) is 42.3. The summed E-state index contributed by atoms with van der Waals surface area (Å²) < 4.78 is 11.2. The van der Waals surface area contributed by atoms with Gasteiger partial charge in [-0.2, -0.15) is 0 Å². The van der Waals surface area contributed by atoms with Crippen LogP contribution >= 0.6 is 0 Å². The van der Waals surface area contributed by atoms with E-state index in [0.29, 0.717) is 53.8 Å². The number of benzene rings is 1. The van der Waals surface area contributed by atoms with Crippen molar-refractivity contribution in [2.75, 3.05) is 18.1 Å².